The van der Waals surface area contributed by atoms with Crippen LogP contribution >= 0.6 is 0 Å². The maximum absolute atomic E-state index is 13.5. The number of phenolic OH excluding ortho intramolecular Hbond substituents is 1. The van der Waals surface area contributed by atoms with Gasteiger partial charge >= 0.3 is 0 Å². The van der Waals surface area contributed by atoms with E-state index in [1.165, 1.54) is 14.0 Å². The minimum absolute atomic E-state index is 0. The number of aliphatic hydroxyl groups excluding tert-OH is 2. The van der Waals surface area contributed by atoms with Gasteiger partial charge in [0.1, 0.15) is 24.4 Å². The number of ketones is 3. The number of aromatic hydroxyl groups is 1. The summed E-state index contributed by atoms with van der Waals surface area (Å²) in [6.07, 6.45) is 3.58. The van der Waals surface area contributed by atoms with E-state index in [0.29, 0.717) is 41.7 Å². The van der Waals surface area contributed by atoms with Gasteiger partial charge in [0.2, 0.25) is 0 Å². The zero-order valence-corrected chi connectivity index (χ0v) is 24.3. The summed E-state index contributed by atoms with van der Waals surface area (Å²) < 4.78 is 0. The van der Waals surface area contributed by atoms with Crippen LogP contribution in [0.3, 0.4) is 0 Å². The van der Waals surface area contributed by atoms with Gasteiger partial charge in [-0.2, -0.15) is 0 Å². The first-order valence-electron chi connectivity index (χ1n) is 13.6. The van der Waals surface area contributed by atoms with E-state index < -0.39 is 12.5 Å². The van der Waals surface area contributed by atoms with Crippen LogP contribution in [-0.4, -0.2) is 64.2 Å². The third kappa shape index (κ3) is 9.51. The minimum atomic E-state index is -0.780. The van der Waals surface area contributed by atoms with Crippen molar-refractivity contribution in [3.05, 3.63) is 28.3 Å². The standard InChI is InChI=1S/C30H45NO7.H2O.2H2/c1-18(34)12-26(35)25(17-33)21(9-11-32)13-20-14-24-23(19(2)31-38-6)16-22(8-7-10-30(3,4)5)29(37)28(24)27(36)15-20;;;/h16,20-21,25,32-33,37H,7-15,17H2,1-6H3;1H2;2*1H/b31-19+;;;. The summed E-state index contributed by atoms with van der Waals surface area (Å²) in [6.45, 7) is 9.06. The molecular formula is C30H51NO8. The molecule has 0 amide bonds. The quantitative estimate of drug-likeness (QED) is 0.177. The Morgan fingerprint density at radius 3 is 2.41 bits per heavy atom. The molecule has 0 fully saturated rings. The number of oxime groups is 1. The lowest BCUT2D eigenvalue weighted by atomic mass is 9.72. The van der Waals surface area contributed by atoms with E-state index in [2.05, 4.69) is 25.9 Å². The number of carbonyl (C=O) groups excluding carboxylic acids is 3. The first kappa shape index (κ1) is 34.4. The Morgan fingerprint density at radius 1 is 1.21 bits per heavy atom. The van der Waals surface area contributed by atoms with E-state index in [4.69, 9.17) is 4.84 Å². The highest BCUT2D eigenvalue weighted by Gasteiger charge is 2.36. The maximum Gasteiger partial charge on any atom is 0.167 e. The number of fused-ring (bicyclic) bond motifs is 1. The predicted octanol–water partition coefficient (Wildman–Crippen LogP) is 4.09. The monoisotopic (exact) mass is 553 g/mol. The van der Waals surface area contributed by atoms with Crippen molar-refractivity contribution in [3.8, 4) is 5.75 Å². The number of hydrogen-bond acceptors (Lipinski definition) is 8. The largest absolute Gasteiger partial charge is 0.507 e. The van der Waals surface area contributed by atoms with E-state index in [1.54, 1.807) is 6.92 Å². The Labute approximate surface area is 234 Å². The second-order valence-corrected chi connectivity index (χ2v) is 11.9. The maximum atomic E-state index is 13.5. The van der Waals surface area contributed by atoms with E-state index in [1.807, 2.05) is 6.07 Å². The van der Waals surface area contributed by atoms with Crippen molar-refractivity contribution in [2.45, 2.75) is 86.0 Å². The molecule has 9 heteroatoms. The summed E-state index contributed by atoms with van der Waals surface area (Å²) in [6, 6.07) is 1.91. The molecule has 39 heavy (non-hydrogen) atoms. The third-order valence-corrected chi connectivity index (χ3v) is 7.46. The Balaban J connectivity index is 0. The third-order valence-electron chi connectivity index (χ3n) is 7.46. The van der Waals surface area contributed by atoms with Gasteiger partial charge < -0.3 is 25.6 Å². The van der Waals surface area contributed by atoms with Crippen molar-refractivity contribution in [2.75, 3.05) is 20.3 Å². The van der Waals surface area contributed by atoms with Gasteiger partial charge in [0.05, 0.1) is 24.3 Å². The molecule has 1 aromatic rings. The van der Waals surface area contributed by atoms with E-state index in [0.717, 1.165) is 18.4 Å². The average molecular weight is 554 g/mol. The lowest BCUT2D eigenvalue weighted by Crippen LogP contribution is -2.33. The smallest absolute Gasteiger partial charge is 0.167 e. The molecular weight excluding hydrogens is 502 g/mol. The zero-order valence-electron chi connectivity index (χ0n) is 24.3. The van der Waals surface area contributed by atoms with Crippen molar-refractivity contribution in [1.29, 1.82) is 0 Å². The van der Waals surface area contributed by atoms with Gasteiger partial charge in [-0.25, -0.2) is 0 Å². The topological polar surface area (TPSA) is 165 Å². The molecule has 5 N–H and O–H groups in total. The summed E-state index contributed by atoms with van der Waals surface area (Å²) in [7, 11) is 1.46. The number of aryl methyl sites for hydroxylation is 1. The lowest BCUT2D eigenvalue weighted by molar-refractivity contribution is -0.131. The number of nitrogens with zero attached hydrogens (tertiary/aromatic N) is 1. The molecule has 0 spiro atoms. The van der Waals surface area contributed by atoms with Crippen LogP contribution in [0.2, 0.25) is 0 Å². The first-order chi connectivity index (χ1) is 17.8. The molecule has 0 saturated heterocycles. The van der Waals surface area contributed by atoms with Crippen LogP contribution in [-0.2, 0) is 27.3 Å². The minimum Gasteiger partial charge on any atom is -0.507 e. The number of aliphatic hydroxyl groups is 2. The van der Waals surface area contributed by atoms with Crippen molar-refractivity contribution in [3.63, 3.8) is 0 Å². The van der Waals surface area contributed by atoms with E-state index in [-0.39, 0.29) is 74.5 Å². The molecule has 1 aliphatic carbocycles. The number of hydrogen-bond donors (Lipinski definition) is 3. The van der Waals surface area contributed by atoms with Crippen LogP contribution in [0.4, 0.5) is 0 Å². The summed E-state index contributed by atoms with van der Waals surface area (Å²) in [4.78, 5) is 42.6. The van der Waals surface area contributed by atoms with E-state index in [9.17, 15) is 29.7 Å². The summed E-state index contributed by atoms with van der Waals surface area (Å²) in [5.74, 6) is -2.08. The van der Waals surface area contributed by atoms with Gasteiger partial charge in [-0.05, 0) is 86.8 Å². The van der Waals surface area contributed by atoms with E-state index >= 15 is 0 Å². The molecule has 0 aliphatic heterocycles. The predicted molar refractivity (Wildman–Crippen MR) is 154 cm³/mol. The van der Waals surface area contributed by atoms with Crippen molar-refractivity contribution >= 4 is 23.1 Å². The van der Waals surface area contributed by atoms with Crippen LogP contribution in [0.1, 0.15) is 103 Å². The van der Waals surface area contributed by atoms with Gasteiger partial charge in [-0.15, -0.1) is 0 Å². The number of benzene rings is 1. The molecule has 0 heterocycles. The Kier molecular flexibility index (Phi) is 13.4. The number of phenols is 1. The van der Waals surface area contributed by atoms with Gasteiger partial charge in [-0.1, -0.05) is 25.9 Å². The number of carbonyl (C=O) groups is 3. The summed E-state index contributed by atoms with van der Waals surface area (Å²) in [5, 5.41) is 34.9. The fourth-order valence-corrected chi connectivity index (χ4v) is 5.65. The fourth-order valence-electron chi connectivity index (χ4n) is 5.65. The molecule has 0 saturated carbocycles. The second kappa shape index (κ2) is 15.2. The fraction of sp³-hybridized carbons (Fsp3) is 0.667. The van der Waals surface area contributed by atoms with Crippen molar-refractivity contribution < 1.29 is 42.9 Å². The van der Waals surface area contributed by atoms with Crippen LogP contribution in [0, 0.1) is 23.2 Å². The Bertz CT molecular complexity index is 1050. The van der Waals surface area contributed by atoms with Gasteiger partial charge in [0, 0.05) is 27.4 Å². The Hall–Kier alpha value is -2.62. The number of Topliss-reactive ketones (excluding diaryl/α,β-unsaturated/α-hetero) is 3. The highest BCUT2D eigenvalue weighted by atomic mass is 16.6. The molecule has 0 radical (unpaired) electrons. The molecule has 0 bridgehead atoms. The second-order valence-electron chi connectivity index (χ2n) is 11.9. The summed E-state index contributed by atoms with van der Waals surface area (Å²) >= 11 is 0. The molecule has 0 aromatic heterocycles. The van der Waals surface area contributed by atoms with Crippen molar-refractivity contribution in [2.24, 2.45) is 28.3 Å². The van der Waals surface area contributed by atoms with Crippen LogP contribution in [0.25, 0.3) is 0 Å². The van der Waals surface area contributed by atoms with Crippen LogP contribution in [0.15, 0.2) is 11.2 Å². The van der Waals surface area contributed by atoms with Gasteiger partial charge in [0.25, 0.3) is 0 Å². The highest BCUT2D eigenvalue weighted by Crippen LogP contribution is 2.41. The molecule has 2 rings (SSSR count). The molecule has 1 aromatic carbocycles. The first-order valence-corrected chi connectivity index (χ1v) is 13.6. The normalized spacial score (nSPS) is 17.2. The highest BCUT2D eigenvalue weighted by molar-refractivity contribution is 6.07. The van der Waals surface area contributed by atoms with Crippen molar-refractivity contribution in [1.82, 2.24) is 0 Å². The SMILES string of the molecule is CO/N=C(\C)c1cc(CCCC(C)(C)C)c(O)c2c1CC(CC(CCO)C(CO)C(=O)CC(C)=O)CC2=O.O.[HH].[HH]. The zero-order chi connectivity index (χ0) is 28.6. The number of rotatable bonds is 14. The molecule has 1 aliphatic rings. The van der Waals surface area contributed by atoms with Crippen LogP contribution < -0.4 is 0 Å². The van der Waals surface area contributed by atoms with Gasteiger partial charge in [0.15, 0.2) is 5.78 Å². The molecule has 9 nitrogen and oxygen atoms in total. The molecule has 3 atom stereocenters. The van der Waals surface area contributed by atoms with Crippen LogP contribution in [0.5, 0.6) is 5.75 Å². The molecule has 224 valence electrons. The lowest BCUT2D eigenvalue weighted by Gasteiger charge is -2.32. The Morgan fingerprint density at radius 2 is 1.87 bits per heavy atom. The summed E-state index contributed by atoms with van der Waals surface area (Å²) in [5.41, 5.74) is 3.28. The van der Waals surface area contributed by atoms with Gasteiger partial charge in [-0.3, -0.25) is 14.4 Å². The molecule has 3 unspecified atom stereocenters. The average Bonchev–Trinajstić information content (AvgIpc) is 2.79.